The molecule has 1 aromatic rings. The summed E-state index contributed by atoms with van der Waals surface area (Å²) in [5.74, 6) is 0.339. The fourth-order valence-corrected chi connectivity index (χ4v) is 0.453. The van der Waals surface area contributed by atoms with Gasteiger partial charge in [-0.1, -0.05) is 0 Å². The molecule has 0 bridgehead atoms. The Morgan fingerprint density at radius 1 is 0.778 bits per heavy atom. The second-order valence-electron chi connectivity index (χ2n) is 1.52. The molecular formula is C6H6KO2. The third kappa shape index (κ3) is 3.22. The summed E-state index contributed by atoms with van der Waals surface area (Å²) in [6, 6.07) is 5.70. The summed E-state index contributed by atoms with van der Waals surface area (Å²) in [6.07, 6.45) is 0. The number of phenolic OH excluding ortho intramolecular Hbond substituents is 2. The summed E-state index contributed by atoms with van der Waals surface area (Å²) in [6.45, 7) is 0. The summed E-state index contributed by atoms with van der Waals surface area (Å²) in [5, 5.41) is 17.3. The number of hydrogen-bond donors (Lipinski definition) is 2. The SMILES string of the molecule is Oc1ccc(O)cc1.[K]. The Morgan fingerprint density at radius 2 is 1.00 bits per heavy atom. The number of phenols is 2. The van der Waals surface area contributed by atoms with E-state index in [-0.39, 0.29) is 62.9 Å². The van der Waals surface area contributed by atoms with Crippen molar-refractivity contribution in [1.29, 1.82) is 0 Å². The summed E-state index contributed by atoms with van der Waals surface area (Å²) in [7, 11) is 0. The van der Waals surface area contributed by atoms with Crippen LogP contribution in [0.2, 0.25) is 0 Å². The van der Waals surface area contributed by atoms with Gasteiger partial charge in [0.2, 0.25) is 0 Å². The Hall–Kier alpha value is 0.456. The van der Waals surface area contributed by atoms with E-state index >= 15 is 0 Å². The molecule has 1 rings (SSSR count). The van der Waals surface area contributed by atoms with Gasteiger partial charge in [0.1, 0.15) is 11.5 Å². The van der Waals surface area contributed by atoms with Crippen LogP contribution in [0.25, 0.3) is 0 Å². The second-order valence-corrected chi connectivity index (χ2v) is 1.52. The minimum atomic E-state index is 0. The van der Waals surface area contributed by atoms with Crippen molar-refractivity contribution in [1.82, 2.24) is 0 Å². The predicted octanol–water partition coefficient (Wildman–Crippen LogP) is 0.717. The predicted molar refractivity (Wildman–Crippen MR) is 35.5 cm³/mol. The maximum Gasteiger partial charge on any atom is 0.115 e. The van der Waals surface area contributed by atoms with E-state index in [0.29, 0.717) is 0 Å². The van der Waals surface area contributed by atoms with Crippen LogP contribution in [0.4, 0.5) is 0 Å². The number of benzene rings is 1. The third-order valence-electron chi connectivity index (χ3n) is 0.850. The van der Waals surface area contributed by atoms with Gasteiger partial charge in [0, 0.05) is 51.4 Å². The first kappa shape index (κ1) is 9.46. The zero-order valence-corrected chi connectivity index (χ0v) is 8.33. The van der Waals surface area contributed by atoms with Gasteiger partial charge in [0.05, 0.1) is 0 Å². The van der Waals surface area contributed by atoms with E-state index < -0.39 is 0 Å². The Morgan fingerprint density at radius 3 is 1.22 bits per heavy atom. The fraction of sp³-hybridized carbons (Fsp3) is 0. The molecule has 0 aliphatic carbocycles. The van der Waals surface area contributed by atoms with E-state index in [1.807, 2.05) is 0 Å². The van der Waals surface area contributed by atoms with Crippen LogP contribution >= 0.6 is 0 Å². The third-order valence-corrected chi connectivity index (χ3v) is 0.850. The van der Waals surface area contributed by atoms with Crippen molar-refractivity contribution in [3.8, 4) is 11.5 Å². The van der Waals surface area contributed by atoms with Gasteiger partial charge in [0.15, 0.2) is 0 Å². The normalized spacial score (nSPS) is 8.00. The van der Waals surface area contributed by atoms with Crippen LogP contribution in [-0.4, -0.2) is 61.6 Å². The van der Waals surface area contributed by atoms with Crippen LogP contribution in [0.5, 0.6) is 11.5 Å². The molecule has 0 atom stereocenters. The van der Waals surface area contributed by atoms with Crippen molar-refractivity contribution >= 4 is 51.4 Å². The molecule has 2 N–H and O–H groups in total. The van der Waals surface area contributed by atoms with Crippen molar-refractivity contribution in [2.75, 3.05) is 0 Å². The first-order valence-corrected chi connectivity index (χ1v) is 2.27. The summed E-state index contributed by atoms with van der Waals surface area (Å²) in [5.41, 5.74) is 0. The molecule has 0 aliphatic rings. The molecule has 0 saturated heterocycles. The van der Waals surface area contributed by atoms with E-state index in [1.54, 1.807) is 0 Å². The average molecular weight is 149 g/mol. The zero-order chi connectivity index (χ0) is 5.98. The van der Waals surface area contributed by atoms with Gasteiger partial charge < -0.3 is 10.2 Å². The van der Waals surface area contributed by atoms with E-state index in [0.717, 1.165) is 0 Å². The molecule has 0 aromatic heterocycles. The van der Waals surface area contributed by atoms with Crippen molar-refractivity contribution in [2.45, 2.75) is 0 Å². The van der Waals surface area contributed by atoms with Gasteiger partial charge in [-0.15, -0.1) is 0 Å². The van der Waals surface area contributed by atoms with Crippen molar-refractivity contribution in [2.24, 2.45) is 0 Å². The molecule has 0 amide bonds. The van der Waals surface area contributed by atoms with E-state index in [1.165, 1.54) is 24.3 Å². The van der Waals surface area contributed by atoms with Crippen molar-refractivity contribution < 1.29 is 10.2 Å². The number of aromatic hydroxyl groups is 2. The first-order valence-electron chi connectivity index (χ1n) is 2.27. The minimum absolute atomic E-state index is 0. The smallest absolute Gasteiger partial charge is 0.115 e. The number of hydrogen-bond acceptors (Lipinski definition) is 2. The summed E-state index contributed by atoms with van der Waals surface area (Å²) in [4.78, 5) is 0. The van der Waals surface area contributed by atoms with Gasteiger partial charge in [-0.25, -0.2) is 0 Å². The molecule has 1 aromatic carbocycles. The van der Waals surface area contributed by atoms with Crippen LogP contribution in [0.15, 0.2) is 24.3 Å². The van der Waals surface area contributed by atoms with Crippen molar-refractivity contribution in [3.63, 3.8) is 0 Å². The minimum Gasteiger partial charge on any atom is -0.508 e. The van der Waals surface area contributed by atoms with Crippen LogP contribution in [0.1, 0.15) is 0 Å². The maximum atomic E-state index is 8.65. The molecule has 0 saturated carbocycles. The molecule has 0 fully saturated rings. The van der Waals surface area contributed by atoms with E-state index in [4.69, 9.17) is 10.2 Å². The quantitative estimate of drug-likeness (QED) is 0.421. The fourth-order valence-electron chi connectivity index (χ4n) is 0.453. The number of rotatable bonds is 0. The maximum absolute atomic E-state index is 8.65. The second kappa shape index (κ2) is 4.30. The largest absolute Gasteiger partial charge is 0.508 e. The van der Waals surface area contributed by atoms with E-state index in [2.05, 4.69) is 0 Å². The molecule has 0 unspecified atom stereocenters. The summed E-state index contributed by atoms with van der Waals surface area (Å²) < 4.78 is 0. The standard InChI is InChI=1S/C6H6O2.K/c7-5-1-2-6(8)4-3-5;/h1-4,7-8H;. The Labute approximate surface area is 95.9 Å². The van der Waals surface area contributed by atoms with Crippen LogP contribution in [0.3, 0.4) is 0 Å². The Balaban J connectivity index is 0.000000640. The molecule has 3 heteroatoms. The molecule has 2 nitrogen and oxygen atoms in total. The molecule has 1 radical (unpaired) electrons. The van der Waals surface area contributed by atoms with Gasteiger partial charge in [-0.2, -0.15) is 0 Å². The van der Waals surface area contributed by atoms with Crippen LogP contribution in [0, 0.1) is 0 Å². The van der Waals surface area contributed by atoms with Crippen LogP contribution in [-0.2, 0) is 0 Å². The van der Waals surface area contributed by atoms with Crippen molar-refractivity contribution in [3.05, 3.63) is 24.3 Å². The Bertz CT molecular complexity index is 150. The summed E-state index contributed by atoms with van der Waals surface area (Å²) >= 11 is 0. The molecule has 0 aliphatic heterocycles. The molecule has 43 valence electrons. The molecular weight excluding hydrogens is 143 g/mol. The van der Waals surface area contributed by atoms with E-state index in [9.17, 15) is 0 Å². The average Bonchev–Trinajstić information content (AvgIpc) is 1.77. The van der Waals surface area contributed by atoms with Gasteiger partial charge in [0.25, 0.3) is 0 Å². The molecule has 0 spiro atoms. The molecule has 9 heavy (non-hydrogen) atoms. The first-order chi connectivity index (χ1) is 3.79. The van der Waals surface area contributed by atoms with Gasteiger partial charge in [-0.3, -0.25) is 0 Å². The van der Waals surface area contributed by atoms with Crippen LogP contribution < -0.4 is 0 Å². The molecule has 0 heterocycles. The van der Waals surface area contributed by atoms with Gasteiger partial charge >= 0.3 is 0 Å². The monoisotopic (exact) mass is 149 g/mol. The Kier molecular flexibility index (Phi) is 4.52. The topological polar surface area (TPSA) is 40.5 Å². The zero-order valence-electron chi connectivity index (χ0n) is 5.20. The van der Waals surface area contributed by atoms with Gasteiger partial charge in [-0.05, 0) is 24.3 Å².